The van der Waals surface area contributed by atoms with Gasteiger partial charge in [0.15, 0.2) is 5.84 Å². The lowest BCUT2D eigenvalue weighted by Crippen LogP contribution is -2.37. The summed E-state index contributed by atoms with van der Waals surface area (Å²) in [4.78, 5) is 2.21. The number of oxime groups is 1. The van der Waals surface area contributed by atoms with E-state index in [1.807, 2.05) is 25.1 Å². The van der Waals surface area contributed by atoms with Crippen molar-refractivity contribution in [2.24, 2.45) is 10.9 Å². The second-order valence-electron chi connectivity index (χ2n) is 4.32. The number of hydrogen-bond acceptors (Lipinski definition) is 4. The predicted octanol–water partition coefficient (Wildman–Crippen LogP) is 0.658. The highest BCUT2D eigenvalue weighted by atomic mass is 32.2. The van der Waals surface area contributed by atoms with Gasteiger partial charge >= 0.3 is 0 Å². The zero-order valence-corrected chi connectivity index (χ0v) is 11.1. The van der Waals surface area contributed by atoms with E-state index >= 15 is 0 Å². The molecule has 1 heterocycles. The van der Waals surface area contributed by atoms with Crippen LogP contribution in [0.1, 0.15) is 11.1 Å². The Morgan fingerprint density at radius 1 is 1.44 bits per heavy atom. The van der Waals surface area contributed by atoms with E-state index in [1.54, 1.807) is 0 Å². The Balaban J connectivity index is 2.21. The van der Waals surface area contributed by atoms with E-state index in [9.17, 15) is 4.21 Å². The van der Waals surface area contributed by atoms with Crippen molar-refractivity contribution in [1.82, 2.24) is 0 Å². The van der Waals surface area contributed by atoms with Crippen molar-refractivity contribution in [3.05, 3.63) is 29.3 Å². The standard InChI is InChI=1S/C12H17N3O2S/c1-9-8-10(2-3-11(9)12(13)14-16)15-4-6-18(17)7-5-15/h2-3,8,16H,4-7H2,1H3,(H2,13,14). The van der Waals surface area contributed by atoms with Crippen molar-refractivity contribution < 1.29 is 9.42 Å². The van der Waals surface area contributed by atoms with Crippen molar-refractivity contribution in [2.75, 3.05) is 29.5 Å². The van der Waals surface area contributed by atoms with Gasteiger partial charge < -0.3 is 15.8 Å². The molecule has 2 rings (SSSR count). The number of anilines is 1. The van der Waals surface area contributed by atoms with Crippen LogP contribution >= 0.6 is 0 Å². The normalized spacial score (nSPS) is 18.1. The summed E-state index contributed by atoms with van der Waals surface area (Å²) in [7, 11) is -0.667. The lowest BCUT2D eigenvalue weighted by Gasteiger charge is -2.28. The first-order valence-electron chi connectivity index (χ1n) is 5.80. The molecule has 5 nitrogen and oxygen atoms in total. The largest absolute Gasteiger partial charge is 0.409 e. The van der Waals surface area contributed by atoms with Gasteiger partial charge in [-0.2, -0.15) is 0 Å². The van der Waals surface area contributed by atoms with Crippen molar-refractivity contribution in [3.63, 3.8) is 0 Å². The number of nitrogens with two attached hydrogens (primary N) is 1. The lowest BCUT2D eigenvalue weighted by molar-refractivity contribution is 0.318. The van der Waals surface area contributed by atoms with Crippen LogP contribution in [0.25, 0.3) is 0 Å². The molecule has 0 saturated carbocycles. The summed E-state index contributed by atoms with van der Waals surface area (Å²) in [6, 6.07) is 5.82. The van der Waals surface area contributed by atoms with Gasteiger partial charge in [0.25, 0.3) is 0 Å². The molecule has 1 saturated heterocycles. The molecule has 1 aliphatic heterocycles. The molecule has 1 fully saturated rings. The van der Waals surface area contributed by atoms with Crippen LogP contribution in [-0.4, -0.2) is 39.8 Å². The highest BCUT2D eigenvalue weighted by molar-refractivity contribution is 7.85. The molecule has 3 N–H and O–H groups in total. The summed E-state index contributed by atoms with van der Waals surface area (Å²) in [5.41, 5.74) is 8.39. The third kappa shape index (κ3) is 2.64. The number of aryl methyl sites for hydroxylation is 1. The van der Waals surface area contributed by atoms with E-state index in [-0.39, 0.29) is 5.84 Å². The summed E-state index contributed by atoms with van der Waals surface area (Å²) in [6.07, 6.45) is 0. The number of amidine groups is 1. The van der Waals surface area contributed by atoms with E-state index in [0.29, 0.717) is 0 Å². The van der Waals surface area contributed by atoms with Gasteiger partial charge in [-0.15, -0.1) is 0 Å². The summed E-state index contributed by atoms with van der Waals surface area (Å²) < 4.78 is 11.3. The fourth-order valence-electron chi connectivity index (χ4n) is 2.08. The van der Waals surface area contributed by atoms with Crippen LogP contribution in [0.15, 0.2) is 23.4 Å². The van der Waals surface area contributed by atoms with E-state index < -0.39 is 10.8 Å². The monoisotopic (exact) mass is 267 g/mol. The van der Waals surface area contributed by atoms with Crippen LogP contribution in [0, 0.1) is 6.92 Å². The Morgan fingerprint density at radius 3 is 2.67 bits per heavy atom. The van der Waals surface area contributed by atoms with Crippen molar-refractivity contribution in [3.8, 4) is 0 Å². The smallest absolute Gasteiger partial charge is 0.170 e. The van der Waals surface area contributed by atoms with Gasteiger partial charge in [-0.1, -0.05) is 5.16 Å². The maximum Gasteiger partial charge on any atom is 0.170 e. The van der Waals surface area contributed by atoms with Crippen LogP contribution in [-0.2, 0) is 10.8 Å². The fourth-order valence-corrected chi connectivity index (χ4v) is 3.13. The summed E-state index contributed by atoms with van der Waals surface area (Å²) in [6.45, 7) is 3.56. The van der Waals surface area contributed by atoms with Crippen LogP contribution in [0.2, 0.25) is 0 Å². The first kappa shape index (κ1) is 12.9. The second kappa shape index (κ2) is 5.39. The average molecular weight is 267 g/mol. The fraction of sp³-hybridized carbons (Fsp3) is 0.417. The Kier molecular flexibility index (Phi) is 3.86. The molecular formula is C12H17N3O2S. The third-order valence-electron chi connectivity index (χ3n) is 3.14. The average Bonchev–Trinajstić information content (AvgIpc) is 2.38. The van der Waals surface area contributed by atoms with Gasteiger partial charge in [-0.05, 0) is 30.7 Å². The minimum Gasteiger partial charge on any atom is -0.409 e. The second-order valence-corrected chi connectivity index (χ2v) is 6.02. The zero-order chi connectivity index (χ0) is 13.1. The van der Waals surface area contributed by atoms with Gasteiger partial charge in [-0.3, -0.25) is 4.21 Å². The molecule has 98 valence electrons. The number of rotatable bonds is 2. The molecule has 1 aromatic rings. The SMILES string of the molecule is Cc1cc(N2CCS(=O)CC2)ccc1/C(N)=N/O. The van der Waals surface area contributed by atoms with Crippen molar-refractivity contribution in [1.29, 1.82) is 0 Å². The van der Waals surface area contributed by atoms with Crippen molar-refractivity contribution >= 4 is 22.3 Å². The first-order valence-corrected chi connectivity index (χ1v) is 7.29. The van der Waals surface area contributed by atoms with Gasteiger partial charge in [0.1, 0.15) is 0 Å². The number of benzene rings is 1. The molecule has 0 bridgehead atoms. The highest BCUT2D eigenvalue weighted by Gasteiger charge is 2.16. The molecule has 6 heteroatoms. The van der Waals surface area contributed by atoms with E-state index in [4.69, 9.17) is 10.9 Å². The zero-order valence-electron chi connectivity index (χ0n) is 10.3. The van der Waals surface area contributed by atoms with Crippen LogP contribution in [0.4, 0.5) is 5.69 Å². The quantitative estimate of drug-likeness (QED) is 0.357. The highest BCUT2D eigenvalue weighted by Crippen LogP contribution is 2.20. The van der Waals surface area contributed by atoms with Crippen LogP contribution < -0.4 is 10.6 Å². The maximum absolute atomic E-state index is 11.3. The molecule has 0 spiro atoms. The summed E-state index contributed by atoms with van der Waals surface area (Å²) in [5.74, 6) is 1.57. The minimum atomic E-state index is -0.667. The molecule has 1 aliphatic rings. The molecule has 1 aromatic carbocycles. The maximum atomic E-state index is 11.3. The number of hydrogen-bond donors (Lipinski definition) is 2. The van der Waals surface area contributed by atoms with Crippen LogP contribution in [0.5, 0.6) is 0 Å². The first-order chi connectivity index (χ1) is 8.61. The molecule has 0 aromatic heterocycles. The molecule has 0 amide bonds. The third-order valence-corrected chi connectivity index (χ3v) is 4.41. The Morgan fingerprint density at radius 2 is 2.11 bits per heavy atom. The van der Waals surface area contributed by atoms with Gasteiger partial charge in [0.05, 0.1) is 0 Å². The topological polar surface area (TPSA) is 78.9 Å². The van der Waals surface area contributed by atoms with E-state index in [0.717, 1.165) is 41.4 Å². The Hall–Kier alpha value is -1.56. The van der Waals surface area contributed by atoms with E-state index in [2.05, 4.69) is 10.1 Å². The summed E-state index contributed by atoms with van der Waals surface area (Å²) >= 11 is 0. The number of nitrogens with zero attached hydrogens (tertiary/aromatic N) is 2. The molecule has 0 aliphatic carbocycles. The molecule has 18 heavy (non-hydrogen) atoms. The van der Waals surface area contributed by atoms with E-state index in [1.165, 1.54) is 0 Å². The molecular weight excluding hydrogens is 250 g/mol. The van der Waals surface area contributed by atoms with Crippen LogP contribution in [0.3, 0.4) is 0 Å². The Bertz CT molecular complexity index is 492. The molecule has 0 unspecified atom stereocenters. The molecule has 0 radical (unpaired) electrons. The van der Waals surface area contributed by atoms with Gasteiger partial charge in [0.2, 0.25) is 0 Å². The predicted molar refractivity (Wildman–Crippen MR) is 73.8 cm³/mol. The van der Waals surface area contributed by atoms with Crippen molar-refractivity contribution in [2.45, 2.75) is 6.92 Å². The molecule has 0 atom stereocenters. The van der Waals surface area contributed by atoms with Gasteiger partial charge in [0, 0.05) is 46.6 Å². The summed E-state index contributed by atoms with van der Waals surface area (Å²) in [5, 5.41) is 11.7. The minimum absolute atomic E-state index is 0.124. The lowest BCUT2D eigenvalue weighted by atomic mass is 10.1. The van der Waals surface area contributed by atoms with Gasteiger partial charge in [-0.25, -0.2) is 0 Å². The Labute approximate surface area is 109 Å².